The highest BCUT2D eigenvalue weighted by Gasteiger charge is 2.28. The van der Waals surface area contributed by atoms with Gasteiger partial charge in [0.25, 0.3) is 0 Å². The van der Waals surface area contributed by atoms with Crippen LogP contribution in [-0.2, 0) is 4.79 Å². The number of carbonyl (C=O) groups excluding carboxylic acids is 1. The van der Waals surface area contributed by atoms with Crippen LogP contribution in [0.25, 0.3) is 10.8 Å². The van der Waals surface area contributed by atoms with Gasteiger partial charge in [0.2, 0.25) is 11.9 Å². The number of rotatable bonds is 6. The lowest BCUT2D eigenvalue weighted by Gasteiger charge is -2.33. The molecule has 2 aliphatic heterocycles. The molecule has 1 aromatic carbocycles. The van der Waals surface area contributed by atoms with Crippen molar-refractivity contribution in [2.24, 2.45) is 0 Å². The fraction of sp³-hybridized carbons (Fsp3) is 0.333. The molecule has 5 rings (SSSR count). The Morgan fingerprint density at radius 3 is 2.62 bits per heavy atom. The molecule has 0 aliphatic carbocycles. The summed E-state index contributed by atoms with van der Waals surface area (Å²) in [6, 6.07) is 6.01. The molecule has 4 heterocycles. The van der Waals surface area contributed by atoms with Gasteiger partial charge in [-0.15, -0.1) is 20.4 Å². The Labute approximate surface area is 197 Å². The molecule has 0 unspecified atom stereocenters. The van der Waals surface area contributed by atoms with Crippen LogP contribution in [0.4, 0.5) is 23.3 Å². The number of hydrogen-bond donors (Lipinski definition) is 2. The van der Waals surface area contributed by atoms with Crippen LogP contribution in [0.5, 0.6) is 0 Å². The van der Waals surface area contributed by atoms with Gasteiger partial charge in [-0.05, 0) is 50.0 Å². The van der Waals surface area contributed by atoms with Gasteiger partial charge in [-0.2, -0.15) is 0 Å². The van der Waals surface area contributed by atoms with E-state index < -0.39 is 0 Å². The van der Waals surface area contributed by atoms with E-state index in [1.54, 1.807) is 13.1 Å². The molecule has 0 spiro atoms. The molecule has 0 radical (unpaired) electrons. The Morgan fingerprint density at radius 2 is 1.94 bits per heavy atom. The van der Waals surface area contributed by atoms with E-state index in [2.05, 4.69) is 64.2 Å². The molecule has 0 bridgehead atoms. The Balaban J connectivity index is 1.39. The lowest BCUT2D eigenvalue weighted by Crippen LogP contribution is -2.38. The van der Waals surface area contributed by atoms with Crippen LogP contribution in [0.1, 0.15) is 25.5 Å². The van der Waals surface area contributed by atoms with Crippen LogP contribution in [0, 0.1) is 11.8 Å². The number of benzene rings is 1. The molecule has 1 atom stereocenters. The normalized spacial score (nSPS) is 17.0. The van der Waals surface area contributed by atoms with Gasteiger partial charge in [-0.1, -0.05) is 12.5 Å². The lowest BCUT2D eigenvalue weighted by atomic mass is 10.1. The largest absolute Gasteiger partial charge is 0.354 e. The first-order chi connectivity index (χ1) is 16.6. The fourth-order valence-corrected chi connectivity index (χ4v) is 4.17. The number of nitrogens with one attached hydrogen (secondary N) is 2. The van der Waals surface area contributed by atoms with Crippen molar-refractivity contribution in [1.29, 1.82) is 0 Å². The first-order valence-electron chi connectivity index (χ1n) is 11.3. The minimum atomic E-state index is -0.243. The molecule has 0 saturated carbocycles. The number of amides is 1. The SMILES string of the molecule is C=CC(=O)Nc1ccc2c(N3CC[C@@H](Nc4ncc(C#CC)nn4)C3)nnc(N3CCC3)c2c1. The summed E-state index contributed by atoms with van der Waals surface area (Å²) in [5.74, 6) is 7.56. The van der Waals surface area contributed by atoms with E-state index >= 15 is 0 Å². The van der Waals surface area contributed by atoms with E-state index in [4.69, 9.17) is 0 Å². The van der Waals surface area contributed by atoms with Crippen LogP contribution in [0.15, 0.2) is 37.1 Å². The molecule has 1 amide bonds. The van der Waals surface area contributed by atoms with Crippen molar-refractivity contribution in [1.82, 2.24) is 25.4 Å². The van der Waals surface area contributed by atoms with Gasteiger partial charge in [-0.3, -0.25) is 4.79 Å². The summed E-state index contributed by atoms with van der Waals surface area (Å²) >= 11 is 0. The number of hydrogen-bond acceptors (Lipinski definition) is 9. The van der Waals surface area contributed by atoms with Gasteiger partial charge in [0, 0.05) is 48.7 Å². The Morgan fingerprint density at radius 1 is 1.12 bits per heavy atom. The third-order valence-corrected chi connectivity index (χ3v) is 5.99. The summed E-state index contributed by atoms with van der Waals surface area (Å²) in [5, 5.41) is 25.6. The molecule has 2 aliphatic rings. The van der Waals surface area contributed by atoms with Gasteiger partial charge < -0.3 is 20.4 Å². The minimum Gasteiger partial charge on any atom is -0.354 e. The maximum absolute atomic E-state index is 11.8. The van der Waals surface area contributed by atoms with E-state index in [1.165, 1.54) is 6.08 Å². The Hall–Kier alpha value is -4.26. The topological polar surface area (TPSA) is 112 Å². The van der Waals surface area contributed by atoms with Crippen molar-refractivity contribution >= 4 is 40.0 Å². The Bertz CT molecular complexity index is 1290. The van der Waals surface area contributed by atoms with Crippen LogP contribution < -0.4 is 20.4 Å². The second-order valence-electron chi connectivity index (χ2n) is 8.26. The maximum Gasteiger partial charge on any atom is 0.247 e. The lowest BCUT2D eigenvalue weighted by molar-refractivity contribution is -0.111. The zero-order valence-electron chi connectivity index (χ0n) is 19.0. The molecule has 3 aromatic rings. The molecule has 10 nitrogen and oxygen atoms in total. The molecule has 2 N–H and O–H groups in total. The third-order valence-electron chi connectivity index (χ3n) is 5.99. The van der Waals surface area contributed by atoms with Crippen LogP contribution in [0.2, 0.25) is 0 Å². The molecule has 2 aromatic heterocycles. The second-order valence-corrected chi connectivity index (χ2v) is 8.26. The van der Waals surface area contributed by atoms with Crippen molar-refractivity contribution in [2.45, 2.75) is 25.8 Å². The summed E-state index contributed by atoms with van der Waals surface area (Å²) in [6.45, 7) is 8.76. The van der Waals surface area contributed by atoms with Gasteiger partial charge in [0.05, 0.1) is 6.20 Å². The number of fused-ring (bicyclic) bond motifs is 1. The van der Waals surface area contributed by atoms with Crippen LogP contribution in [-0.4, -0.2) is 63.5 Å². The molecule has 2 fully saturated rings. The van der Waals surface area contributed by atoms with Gasteiger partial charge >= 0.3 is 0 Å². The average Bonchev–Trinajstić information content (AvgIpc) is 3.27. The zero-order chi connectivity index (χ0) is 23.5. The third kappa shape index (κ3) is 4.32. The summed E-state index contributed by atoms with van der Waals surface area (Å²) in [7, 11) is 0. The van der Waals surface area contributed by atoms with Crippen molar-refractivity contribution in [3.8, 4) is 11.8 Å². The monoisotopic (exact) mass is 455 g/mol. The molecule has 10 heteroatoms. The highest BCUT2D eigenvalue weighted by Crippen LogP contribution is 2.35. The van der Waals surface area contributed by atoms with E-state index in [-0.39, 0.29) is 11.9 Å². The smallest absolute Gasteiger partial charge is 0.247 e. The predicted octanol–water partition coefficient (Wildman–Crippen LogP) is 2.21. The first kappa shape index (κ1) is 21.6. The summed E-state index contributed by atoms with van der Waals surface area (Å²) in [6.07, 6.45) is 4.93. The molecular formula is C24H25N9O. The highest BCUT2D eigenvalue weighted by atomic mass is 16.1. The molecule has 34 heavy (non-hydrogen) atoms. The van der Waals surface area contributed by atoms with Gasteiger partial charge in [0.15, 0.2) is 17.3 Å². The zero-order valence-corrected chi connectivity index (χ0v) is 19.0. The van der Waals surface area contributed by atoms with Crippen molar-refractivity contribution in [3.05, 3.63) is 42.7 Å². The number of aromatic nitrogens is 5. The number of nitrogens with zero attached hydrogens (tertiary/aromatic N) is 7. The van der Waals surface area contributed by atoms with Crippen LogP contribution in [0.3, 0.4) is 0 Å². The average molecular weight is 456 g/mol. The van der Waals surface area contributed by atoms with Crippen LogP contribution >= 0.6 is 0 Å². The van der Waals surface area contributed by atoms with Crippen molar-refractivity contribution in [2.75, 3.05) is 46.6 Å². The van der Waals surface area contributed by atoms with E-state index in [1.807, 2.05) is 18.2 Å². The standard InChI is InChI=1S/C24H25N9O/c1-3-6-17-14-25-24(31-28-17)27-18-9-12-33(15-18)22-19-8-7-16(26-21(34)4-2)13-20(19)23(30-29-22)32-10-5-11-32/h4,7-8,13-14,18H,2,5,9-12,15H2,1H3,(H,26,34)(H,25,27,31)/t18-/m1/s1. The second kappa shape index (κ2) is 9.31. The van der Waals surface area contributed by atoms with Crippen molar-refractivity contribution in [3.63, 3.8) is 0 Å². The minimum absolute atomic E-state index is 0.156. The fourth-order valence-electron chi connectivity index (χ4n) is 4.17. The van der Waals surface area contributed by atoms with E-state index in [9.17, 15) is 4.79 Å². The number of anilines is 4. The van der Waals surface area contributed by atoms with Gasteiger partial charge in [-0.25, -0.2) is 4.98 Å². The maximum atomic E-state index is 11.8. The molecule has 172 valence electrons. The summed E-state index contributed by atoms with van der Waals surface area (Å²) < 4.78 is 0. The van der Waals surface area contributed by atoms with E-state index in [0.29, 0.717) is 17.3 Å². The summed E-state index contributed by atoms with van der Waals surface area (Å²) in [4.78, 5) is 20.6. The van der Waals surface area contributed by atoms with E-state index in [0.717, 1.165) is 61.4 Å². The quantitative estimate of drug-likeness (QED) is 0.427. The van der Waals surface area contributed by atoms with Gasteiger partial charge in [0.1, 0.15) is 0 Å². The highest BCUT2D eigenvalue weighted by molar-refractivity contribution is 6.04. The molecular weight excluding hydrogens is 430 g/mol. The first-order valence-corrected chi connectivity index (χ1v) is 11.3. The Kier molecular flexibility index (Phi) is 5.91. The summed E-state index contributed by atoms with van der Waals surface area (Å²) in [5.41, 5.74) is 1.26. The van der Waals surface area contributed by atoms with Crippen molar-refractivity contribution < 1.29 is 4.79 Å². The number of carbonyl (C=O) groups is 1. The predicted molar refractivity (Wildman–Crippen MR) is 132 cm³/mol. The molecule has 2 saturated heterocycles.